The number of esters is 3. The number of ether oxygens (including phenoxy) is 3. The summed E-state index contributed by atoms with van der Waals surface area (Å²) in [5.74, 6) is -4.23. The number of aliphatic carboxylic acids is 1. The molecule has 0 aromatic heterocycles. The van der Waals surface area contributed by atoms with Crippen LogP contribution in [0.1, 0.15) is 87.1 Å². The lowest BCUT2D eigenvalue weighted by molar-refractivity contribution is -0.158. The molecule has 0 aliphatic heterocycles. The fourth-order valence-electron chi connectivity index (χ4n) is 3.29. The Bertz CT molecular complexity index is 995. The average molecular weight is 536 g/mol. The third-order valence-corrected chi connectivity index (χ3v) is 6.79. The highest BCUT2D eigenvalue weighted by molar-refractivity contribution is 5.79. The van der Waals surface area contributed by atoms with Crippen LogP contribution < -0.4 is 15.2 Å². The largest absolute Gasteiger partial charge is 0.480 e. The van der Waals surface area contributed by atoms with Crippen molar-refractivity contribution in [3.63, 3.8) is 0 Å². The molecule has 0 saturated carbocycles. The molecule has 4 unspecified atom stereocenters. The number of hydrogen-bond acceptors (Lipinski definition) is 8. The highest BCUT2D eigenvalue weighted by Gasteiger charge is 2.32. The van der Waals surface area contributed by atoms with Gasteiger partial charge in [0, 0.05) is 5.92 Å². The molecule has 0 aliphatic rings. The number of carboxylic acid groups (broad SMARTS) is 1. The molecule has 5 atom stereocenters. The van der Waals surface area contributed by atoms with Crippen molar-refractivity contribution in [2.75, 3.05) is 0 Å². The second-order valence-electron chi connectivity index (χ2n) is 11.8. The maximum absolute atomic E-state index is 12.8. The van der Waals surface area contributed by atoms with Gasteiger partial charge in [0.1, 0.15) is 6.04 Å². The van der Waals surface area contributed by atoms with Gasteiger partial charge < -0.3 is 25.1 Å². The predicted octanol–water partition coefficient (Wildman–Crippen LogP) is 4.95. The zero-order chi connectivity index (χ0) is 29.5. The van der Waals surface area contributed by atoms with Crippen LogP contribution >= 0.6 is 0 Å². The first-order valence-electron chi connectivity index (χ1n) is 13.1. The minimum absolute atomic E-state index is 0.00387. The zero-order valence-corrected chi connectivity index (χ0v) is 24.4. The quantitative estimate of drug-likeness (QED) is 0.281. The van der Waals surface area contributed by atoms with E-state index in [2.05, 4.69) is 0 Å². The van der Waals surface area contributed by atoms with Crippen molar-refractivity contribution in [3.8, 4) is 11.5 Å². The molecule has 0 spiro atoms. The Morgan fingerprint density at radius 1 is 0.842 bits per heavy atom. The number of hydrogen-bond donors (Lipinski definition) is 2. The van der Waals surface area contributed by atoms with E-state index in [-0.39, 0.29) is 29.8 Å². The molecule has 0 heterocycles. The van der Waals surface area contributed by atoms with Gasteiger partial charge >= 0.3 is 23.9 Å². The van der Waals surface area contributed by atoms with E-state index in [0.29, 0.717) is 5.56 Å². The van der Waals surface area contributed by atoms with Crippen molar-refractivity contribution in [2.24, 2.45) is 34.8 Å². The molecular weight excluding hydrogens is 490 g/mol. The van der Waals surface area contributed by atoms with Crippen LogP contribution in [-0.2, 0) is 23.9 Å². The summed E-state index contributed by atoms with van der Waals surface area (Å²) in [6.07, 6.45) is -0.539. The van der Waals surface area contributed by atoms with Gasteiger partial charge in [0.25, 0.3) is 0 Å². The van der Waals surface area contributed by atoms with E-state index in [1.165, 1.54) is 12.1 Å². The van der Waals surface area contributed by atoms with Gasteiger partial charge in [-0.1, -0.05) is 47.6 Å². The Morgan fingerprint density at radius 2 is 1.32 bits per heavy atom. The number of carbonyl (C=O) groups excluding carboxylic acids is 3. The van der Waals surface area contributed by atoms with Gasteiger partial charge in [-0.05, 0) is 63.6 Å². The number of rotatable bonds is 12. The second kappa shape index (κ2) is 13.7. The van der Waals surface area contributed by atoms with E-state index in [9.17, 15) is 24.3 Å². The Hall–Kier alpha value is -2.94. The van der Waals surface area contributed by atoms with Crippen LogP contribution in [0.5, 0.6) is 11.5 Å². The summed E-state index contributed by atoms with van der Waals surface area (Å²) in [4.78, 5) is 49.7. The standard InChI is InChI=1S/C29H45NO8/c1-15(2)18(6)26(33)37-22-12-11-20(14-23(22)38-27(34)19(7)16(3)4)21(24(30)25(31)32)13-17(5)36-28(35)29(8,9)10/h11-12,14-19,21,24H,13,30H2,1-10H3,(H,31,32)/t17?,18?,19?,21?,24-/m0/s1. The van der Waals surface area contributed by atoms with E-state index in [4.69, 9.17) is 19.9 Å². The van der Waals surface area contributed by atoms with Crippen molar-refractivity contribution in [2.45, 2.75) is 93.7 Å². The third kappa shape index (κ3) is 9.42. The molecule has 38 heavy (non-hydrogen) atoms. The van der Waals surface area contributed by atoms with Crippen LogP contribution in [0, 0.1) is 29.1 Å². The SMILES string of the molecule is CC(CC(c1ccc(OC(=O)C(C)C(C)C)c(OC(=O)C(C)C(C)C)c1)[C@H](N)C(=O)O)OC(=O)C(C)(C)C. The molecule has 0 fully saturated rings. The minimum Gasteiger partial charge on any atom is -0.480 e. The van der Waals surface area contributed by atoms with Crippen molar-refractivity contribution in [3.05, 3.63) is 23.8 Å². The van der Waals surface area contributed by atoms with Gasteiger partial charge in [-0.25, -0.2) is 0 Å². The highest BCUT2D eigenvalue weighted by Crippen LogP contribution is 2.36. The molecule has 0 bridgehead atoms. The van der Waals surface area contributed by atoms with E-state index in [0.717, 1.165) is 0 Å². The van der Waals surface area contributed by atoms with E-state index in [1.54, 1.807) is 47.6 Å². The van der Waals surface area contributed by atoms with Crippen LogP contribution in [-0.4, -0.2) is 41.1 Å². The molecule has 9 nitrogen and oxygen atoms in total. The summed E-state index contributed by atoms with van der Waals surface area (Å²) < 4.78 is 16.8. The van der Waals surface area contributed by atoms with E-state index in [1.807, 2.05) is 27.7 Å². The van der Waals surface area contributed by atoms with Crippen molar-refractivity contribution in [1.29, 1.82) is 0 Å². The fourth-order valence-corrected chi connectivity index (χ4v) is 3.29. The van der Waals surface area contributed by atoms with Crippen LogP contribution in [0.3, 0.4) is 0 Å². The number of carboxylic acids is 1. The molecule has 9 heteroatoms. The van der Waals surface area contributed by atoms with Crippen LogP contribution in [0.2, 0.25) is 0 Å². The van der Waals surface area contributed by atoms with Crippen LogP contribution in [0.15, 0.2) is 18.2 Å². The maximum Gasteiger partial charge on any atom is 0.321 e. The summed E-state index contributed by atoms with van der Waals surface area (Å²) in [5, 5.41) is 9.69. The smallest absolute Gasteiger partial charge is 0.321 e. The molecule has 1 rings (SSSR count). The fraction of sp³-hybridized carbons (Fsp3) is 0.655. The van der Waals surface area contributed by atoms with Gasteiger partial charge in [0.05, 0.1) is 23.4 Å². The second-order valence-corrected chi connectivity index (χ2v) is 11.8. The summed E-state index contributed by atoms with van der Waals surface area (Å²) in [6.45, 7) is 17.9. The summed E-state index contributed by atoms with van der Waals surface area (Å²) in [7, 11) is 0. The Morgan fingerprint density at radius 3 is 1.74 bits per heavy atom. The van der Waals surface area contributed by atoms with E-state index < -0.39 is 59.2 Å². The monoisotopic (exact) mass is 535 g/mol. The van der Waals surface area contributed by atoms with Crippen molar-refractivity contribution < 1.29 is 38.5 Å². The number of benzene rings is 1. The topological polar surface area (TPSA) is 142 Å². The van der Waals surface area contributed by atoms with Crippen molar-refractivity contribution >= 4 is 23.9 Å². The van der Waals surface area contributed by atoms with Crippen molar-refractivity contribution in [1.82, 2.24) is 0 Å². The maximum atomic E-state index is 12.8. The lowest BCUT2D eigenvalue weighted by Crippen LogP contribution is -2.39. The molecule has 1 aromatic carbocycles. The molecule has 0 radical (unpaired) electrons. The van der Waals surface area contributed by atoms with Gasteiger partial charge in [0.2, 0.25) is 0 Å². The number of carbonyl (C=O) groups is 4. The lowest BCUT2D eigenvalue weighted by atomic mass is 9.86. The first-order valence-corrected chi connectivity index (χ1v) is 13.1. The molecule has 3 N–H and O–H groups in total. The molecule has 214 valence electrons. The summed E-state index contributed by atoms with van der Waals surface area (Å²) in [6, 6.07) is 3.19. The molecule has 0 aliphatic carbocycles. The number of nitrogens with two attached hydrogens (primary N) is 1. The molecule has 0 saturated heterocycles. The van der Waals surface area contributed by atoms with Gasteiger partial charge in [-0.2, -0.15) is 0 Å². The summed E-state index contributed by atoms with van der Waals surface area (Å²) in [5.41, 5.74) is 5.77. The highest BCUT2D eigenvalue weighted by atomic mass is 16.6. The first kappa shape index (κ1) is 33.1. The molecule has 1 aromatic rings. The molecule has 0 amide bonds. The Labute approximate surface area is 226 Å². The van der Waals surface area contributed by atoms with Gasteiger partial charge in [-0.3, -0.25) is 19.2 Å². The summed E-state index contributed by atoms with van der Waals surface area (Å²) >= 11 is 0. The molecular formula is C29H45NO8. The Kier molecular flexibility index (Phi) is 12.0. The Balaban J connectivity index is 3.48. The predicted molar refractivity (Wildman–Crippen MR) is 144 cm³/mol. The van der Waals surface area contributed by atoms with Gasteiger partial charge in [0.15, 0.2) is 11.5 Å². The first-order chi connectivity index (χ1) is 17.4. The minimum atomic E-state index is -1.33. The normalized spacial score (nSPS) is 15.8. The van der Waals surface area contributed by atoms with Gasteiger partial charge in [-0.15, -0.1) is 0 Å². The van der Waals surface area contributed by atoms with E-state index >= 15 is 0 Å². The zero-order valence-electron chi connectivity index (χ0n) is 24.4. The average Bonchev–Trinajstić information content (AvgIpc) is 2.81. The third-order valence-electron chi connectivity index (χ3n) is 6.79. The van der Waals surface area contributed by atoms with Crippen LogP contribution in [0.4, 0.5) is 0 Å². The van der Waals surface area contributed by atoms with Crippen LogP contribution in [0.25, 0.3) is 0 Å². The lowest BCUT2D eigenvalue weighted by Gasteiger charge is -2.27.